The molecule has 4 nitrogen and oxygen atoms in total. The van der Waals surface area contributed by atoms with E-state index in [0.29, 0.717) is 31.7 Å². The second-order valence-electron chi connectivity index (χ2n) is 6.05. The number of rotatable bonds is 6. The third kappa shape index (κ3) is 4.96. The first-order chi connectivity index (χ1) is 12.0. The number of halogens is 3. The van der Waals surface area contributed by atoms with Crippen molar-refractivity contribution in [1.29, 1.82) is 0 Å². The average molecular weight is 443 g/mol. The van der Waals surface area contributed by atoms with E-state index in [9.17, 15) is 4.79 Å². The molecule has 1 saturated heterocycles. The predicted molar refractivity (Wildman–Crippen MR) is 107 cm³/mol. The molecule has 1 aliphatic rings. The van der Waals surface area contributed by atoms with E-state index >= 15 is 0 Å². The van der Waals surface area contributed by atoms with Crippen molar-refractivity contribution in [3.63, 3.8) is 0 Å². The van der Waals surface area contributed by atoms with Crippen LogP contribution in [0.1, 0.15) is 15.9 Å². The van der Waals surface area contributed by atoms with Gasteiger partial charge < -0.3 is 16.0 Å². The van der Waals surface area contributed by atoms with Crippen LogP contribution in [0.25, 0.3) is 0 Å². The third-order valence-electron chi connectivity index (χ3n) is 4.09. The van der Waals surface area contributed by atoms with Crippen molar-refractivity contribution in [2.45, 2.75) is 6.54 Å². The third-order valence-corrected chi connectivity index (χ3v) is 5.29. The van der Waals surface area contributed by atoms with Gasteiger partial charge in [-0.15, -0.1) is 0 Å². The first kappa shape index (κ1) is 18.7. The van der Waals surface area contributed by atoms with Crippen LogP contribution in [0.5, 0.6) is 0 Å². The highest BCUT2D eigenvalue weighted by molar-refractivity contribution is 9.10. The number of amides is 1. The lowest BCUT2D eigenvalue weighted by atomic mass is 10.0. The van der Waals surface area contributed by atoms with Crippen molar-refractivity contribution in [1.82, 2.24) is 10.6 Å². The molecular formula is C18H18BrCl2N3O. The van der Waals surface area contributed by atoms with Crippen LogP contribution in [0.3, 0.4) is 0 Å². The highest BCUT2D eigenvalue weighted by Gasteiger charge is 2.16. The topological polar surface area (TPSA) is 53.2 Å². The summed E-state index contributed by atoms with van der Waals surface area (Å²) in [6, 6.07) is 10.7. The van der Waals surface area contributed by atoms with Crippen molar-refractivity contribution in [3.05, 3.63) is 62.0 Å². The van der Waals surface area contributed by atoms with Gasteiger partial charge in [-0.05, 0) is 57.7 Å². The zero-order valence-electron chi connectivity index (χ0n) is 13.4. The maximum Gasteiger partial charge on any atom is 0.256 e. The fourth-order valence-corrected chi connectivity index (χ4v) is 3.66. The van der Waals surface area contributed by atoms with Crippen LogP contribution in [0.2, 0.25) is 10.0 Å². The van der Waals surface area contributed by atoms with Gasteiger partial charge in [-0.1, -0.05) is 29.3 Å². The number of carbonyl (C=O) groups is 1. The van der Waals surface area contributed by atoms with Crippen LogP contribution in [0.4, 0.5) is 5.69 Å². The molecule has 1 amide bonds. The van der Waals surface area contributed by atoms with Gasteiger partial charge in [-0.2, -0.15) is 0 Å². The van der Waals surface area contributed by atoms with E-state index in [4.69, 9.17) is 23.2 Å². The Bertz CT molecular complexity index is 781. The van der Waals surface area contributed by atoms with Gasteiger partial charge in [0.2, 0.25) is 0 Å². The Morgan fingerprint density at radius 1 is 1.20 bits per heavy atom. The zero-order valence-corrected chi connectivity index (χ0v) is 16.5. The molecule has 1 fully saturated rings. The van der Waals surface area contributed by atoms with Crippen molar-refractivity contribution >= 4 is 50.7 Å². The molecule has 0 saturated carbocycles. The van der Waals surface area contributed by atoms with Crippen LogP contribution in [0, 0.1) is 5.92 Å². The molecule has 1 heterocycles. The minimum Gasteiger partial charge on any atom is -0.321 e. The molecule has 3 N–H and O–H groups in total. The van der Waals surface area contributed by atoms with E-state index < -0.39 is 0 Å². The van der Waals surface area contributed by atoms with Gasteiger partial charge in [-0.25, -0.2) is 0 Å². The summed E-state index contributed by atoms with van der Waals surface area (Å²) in [5, 5.41) is 10.6. The molecule has 1 aliphatic heterocycles. The minimum absolute atomic E-state index is 0.242. The van der Waals surface area contributed by atoms with Crippen LogP contribution in [-0.4, -0.2) is 25.5 Å². The van der Waals surface area contributed by atoms with Crippen molar-refractivity contribution < 1.29 is 4.79 Å². The Labute approximate surface area is 165 Å². The van der Waals surface area contributed by atoms with Crippen LogP contribution < -0.4 is 16.0 Å². The monoisotopic (exact) mass is 441 g/mol. The zero-order chi connectivity index (χ0) is 17.8. The minimum atomic E-state index is -0.242. The summed E-state index contributed by atoms with van der Waals surface area (Å²) in [5.41, 5.74) is 2.17. The van der Waals surface area contributed by atoms with Crippen LogP contribution in [-0.2, 0) is 6.54 Å². The summed E-state index contributed by atoms with van der Waals surface area (Å²) in [6.45, 7) is 3.92. The lowest BCUT2D eigenvalue weighted by Gasteiger charge is -2.27. The lowest BCUT2D eigenvalue weighted by Crippen LogP contribution is -2.47. The highest BCUT2D eigenvalue weighted by Crippen LogP contribution is 2.26. The van der Waals surface area contributed by atoms with Crippen molar-refractivity contribution in [2.24, 2.45) is 5.92 Å². The molecule has 7 heteroatoms. The summed E-state index contributed by atoms with van der Waals surface area (Å²) in [6.07, 6.45) is 0. The van der Waals surface area contributed by atoms with Gasteiger partial charge in [0.1, 0.15) is 0 Å². The molecule has 0 bridgehead atoms. The second-order valence-corrected chi connectivity index (χ2v) is 7.75. The number of carbonyl (C=O) groups excluding carboxylic acids is 1. The van der Waals surface area contributed by atoms with E-state index in [1.807, 2.05) is 18.2 Å². The van der Waals surface area contributed by atoms with Gasteiger partial charge >= 0.3 is 0 Å². The molecule has 2 aromatic carbocycles. The Morgan fingerprint density at radius 3 is 2.64 bits per heavy atom. The summed E-state index contributed by atoms with van der Waals surface area (Å²) in [4.78, 5) is 12.4. The largest absolute Gasteiger partial charge is 0.321 e. The van der Waals surface area contributed by atoms with Crippen molar-refractivity contribution in [2.75, 3.05) is 25.0 Å². The summed E-state index contributed by atoms with van der Waals surface area (Å²) in [5.74, 6) is 0.473. The Kier molecular flexibility index (Phi) is 6.36. The SMILES string of the molecule is O=C(Nc1ccc(CNCC2CNC2)cc1Cl)c1ccc(Cl)cc1Br. The Balaban J connectivity index is 1.61. The highest BCUT2D eigenvalue weighted by atomic mass is 79.9. The normalized spacial score (nSPS) is 14.2. The van der Waals surface area contributed by atoms with E-state index in [2.05, 4.69) is 31.9 Å². The first-order valence-corrected chi connectivity index (χ1v) is 9.54. The smallest absolute Gasteiger partial charge is 0.256 e. The molecule has 0 aromatic heterocycles. The maximum atomic E-state index is 12.4. The molecule has 2 aromatic rings. The molecule has 25 heavy (non-hydrogen) atoms. The average Bonchev–Trinajstić information content (AvgIpc) is 2.52. The van der Waals surface area contributed by atoms with Gasteiger partial charge in [0.05, 0.1) is 16.3 Å². The fourth-order valence-electron chi connectivity index (χ4n) is 2.55. The molecule has 0 unspecified atom stereocenters. The molecule has 3 rings (SSSR count). The summed E-state index contributed by atoms with van der Waals surface area (Å²) < 4.78 is 0.639. The second kappa shape index (κ2) is 8.52. The fraction of sp³-hybridized carbons (Fsp3) is 0.278. The lowest BCUT2D eigenvalue weighted by molar-refractivity contribution is 0.102. The van der Waals surface area contributed by atoms with Crippen LogP contribution >= 0.6 is 39.1 Å². The van der Waals surface area contributed by atoms with Gasteiger partial charge in [0.25, 0.3) is 5.91 Å². The maximum absolute atomic E-state index is 12.4. The van der Waals surface area contributed by atoms with Gasteiger partial charge in [0, 0.05) is 35.7 Å². The summed E-state index contributed by atoms with van der Waals surface area (Å²) >= 11 is 15.6. The molecule has 0 atom stereocenters. The molecule has 132 valence electrons. The quantitative estimate of drug-likeness (QED) is 0.624. The van der Waals surface area contributed by atoms with E-state index in [1.165, 1.54) is 0 Å². The van der Waals surface area contributed by atoms with E-state index in [0.717, 1.165) is 31.7 Å². The van der Waals surface area contributed by atoms with Gasteiger partial charge in [-0.3, -0.25) is 4.79 Å². The van der Waals surface area contributed by atoms with Crippen molar-refractivity contribution in [3.8, 4) is 0 Å². The van der Waals surface area contributed by atoms with E-state index in [1.54, 1.807) is 18.2 Å². The molecular weight excluding hydrogens is 425 g/mol. The Morgan fingerprint density at radius 2 is 2.00 bits per heavy atom. The molecule has 0 aliphatic carbocycles. The first-order valence-electron chi connectivity index (χ1n) is 7.99. The summed E-state index contributed by atoms with van der Waals surface area (Å²) in [7, 11) is 0. The number of anilines is 1. The standard InChI is InChI=1S/C18H18BrCl2N3O/c19-15-6-13(20)2-3-14(15)18(25)24-17-4-1-11(5-16(17)21)7-22-8-12-9-23-10-12/h1-6,12,22-23H,7-10H2,(H,24,25). The van der Waals surface area contributed by atoms with E-state index in [-0.39, 0.29) is 5.91 Å². The number of benzene rings is 2. The number of hydrogen-bond acceptors (Lipinski definition) is 3. The van der Waals surface area contributed by atoms with Gasteiger partial charge in [0.15, 0.2) is 0 Å². The number of hydrogen-bond donors (Lipinski definition) is 3. The molecule has 0 radical (unpaired) electrons. The number of nitrogens with one attached hydrogen (secondary N) is 3. The van der Waals surface area contributed by atoms with Crippen LogP contribution in [0.15, 0.2) is 40.9 Å². The Hall–Kier alpha value is -1.11. The predicted octanol–water partition coefficient (Wildman–Crippen LogP) is 4.32. The molecule has 0 spiro atoms.